The number of ketones is 1. The highest BCUT2D eigenvalue weighted by atomic mass is 16.3. The molecule has 0 aliphatic carbocycles. The van der Waals surface area contributed by atoms with Gasteiger partial charge in [-0.3, -0.25) is 4.79 Å². The van der Waals surface area contributed by atoms with Crippen molar-refractivity contribution in [3.05, 3.63) is 35.6 Å². The van der Waals surface area contributed by atoms with Crippen molar-refractivity contribution in [3.63, 3.8) is 0 Å². The molecule has 0 bridgehead atoms. The third-order valence-corrected chi connectivity index (χ3v) is 3.56. The zero-order valence-electron chi connectivity index (χ0n) is 13.7. The molecule has 0 unspecified atom stereocenters. The lowest BCUT2D eigenvalue weighted by atomic mass is 9.89. The van der Waals surface area contributed by atoms with Crippen molar-refractivity contribution in [2.75, 3.05) is 20.6 Å². The molecule has 1 aromatic heterocycles. The molecule has 0 atom stereocenters. The van der Waals surface area contributed by atoms with E-state index in [2.05, 4.69) is 31.1 Å². The van der Waals surface area contributed by atoms with Crippen molar-refractivity contribution in [2.24, 2.45) is 5.41 Å². The molecule has 3 nitrogen and oxygen atoms in total. The molecule has 21 heavy (non-hydrogen) atoms. The van der Waals surface area contributed by atoms with Gasteiger partial charge in [-0.05, 0) is 57.2 Å². The standard InChI is InChI=1S/C18H25NO2/c1-18(2,3)17(20)16-12-14-11-13(7-6-10-19(4)5)8-9-15(14)21-16/h8-9,11-12H,6-7,10H2,1-5H3. The van der Waals surface area contributed by atoms with Crippen LogP contribution < -0.4 is 0 Å². The Balaban J connectivity index is 2.18. The number of hydrogen-bond acceptors (Lipinski definition) is 3. The lowest BCUT2D eigenvalue weighted by Gasteiger charge is -2.13. The normalized spacial score (nSPS) is 12.3. The Labute approximate surface area is 126 Å². The van der Waals surface area contributed by atoms with E-state index in [0.717, 1.165) is 30.4 Å². The van der Waals surface area contributed by atoms with E-state index in [0.29, 0.717) is 5.76 Å². The number of carbonyl (C=O) groups is 1. The lowest BCUT2D eigenvalue weighted by molar-refractivity contribution is 0.0831. The summed E-state index contributed by atoms with van der Waals surface area (Å²) >= 11 is 0. The Hall–Kier alpha value is -1.61. The van der Waals surface area contributed by atoms with E-state index < -0.39 is 5.41 Å². The second-order valence-corrected chi connectivity index (χ2v) is 6.97. The van der Waals surface area contributed by atoms with Crippen LogP contribution in [-0.4, -0.2) is 31.3 Å². The fourth-order valence-electron chi connectivity index (χ4n) is 2.33. The van der Waals surface area contributed by atoms with Gasteiger partial charge in [0.05, 0.1) is 0 Å². The van der Waals surface area contributed by atoms with Gasteiger partial charge in [-0.1, -0.05) is 26.8 Å². The monoisotopic (exact) mass is 287 g/mol. The molecule has 2 aromatic rings. The van der Waals surface area contributed by atoms with E-state index in [1.807, 2.05) is 32.9 Å². The fraction of sp³-hybridized carbons (Fsp3) is 0.500. The predicted molar refractivity (Wildman–Crippen MR) is 86.9 cm³/mol. The highest BCUT2D eigenvalue weighted by Gasteiger charge is 2.26. The van der Waals surface area contributed by atoms with Gasteiger partial charge in [0.25, 0.3) is 0 Å². The second-order valence-electron chi connectivity index (χ2n) is 6.97. The van der Waals surface area contributed by atoms with Gasteiger partial charge in [0.1, 0.15) is 5.58 Å². The molecule has 1 aromatic carbocycles. The Kier molecular flexibility index (Phi) is 4.52. The summed E-state index contributed by atoms with van der Waals surface area (Å²) in [6.45, 7) is 6.82. The van der Waals surface area contributed by atoms with Crippen LogP contribution in [0.5, 0.6) is 0 Å². The summed E-state index contributed by atoms with van der Waals surface area (Å²) in [6, 6.07) is 8.07. The van der Waals surface area contributed by atoms with Gasteiger partial charge in [-0.15, -0.1) is 0 Å². The Morgan fingerprint density at radius 2 is 1.90 bits per heavy atom. The molecule has 114 valence electrons. The van der Waals surface area contributed by atoms with Gasteiger partial charge in [-0.2, -0.15) is 0 Å². The second kappa shape index (κ2) is 6.02. The minimum atomic E-state index is -0.414. The third-order valence-electron chi connectivity index (χ3n) is 3.56. The van der Waals surface area contributed by atoms with Gasteiger partial charge in [0.2, 0.25) is 5.78 Å². The summed E-state index contributed by atoms with van der Waals surface area (Å²) in [5.41, 5.74) is 1.67. The summed E-state index contributed by atoms with van der Waals surface area (Å²) in [5.74, 6) is 0.510. The first-order valence-corrected chi connectivity index (χ1v) is 7.49. The Morgan fingerprint density at radius 3 is 2.52 bits per heavy atom. The van der Waals surface area contributed by atoms with E-state index in [1.54, 1.807) is 0 Å². The van der Waals surface area contributed by atoms with Gasteiger partial charge in [-0.25, -0.2) is 0 Å². The van der Waals surface area contributed by atoms with E-state index in [4.69, 9.17) is 4.42 Å². The van der Waals surface area contributed by atoms with Crippen LogP contribution in [0, 0.1) is 5.41 Å². The van der Waals surface area contributed by atoms with Crippen LogP contribution in [0.15, 0.2) is 28.7 Å². The zero-order chi connectivity index (χ0) is 15.6. The van der Waals surface area contributed by atoms with Gasteiger partial charge in [0, 0.05) is 10.8 Å². The number of fused-ring (bicyclic) bond motifs is 1. The average Bonchev–Trinajstić information content (AvgIpc) is 2.79. The summed E-state index contributed by atoms with van der Waals surface area (Å²) in [5, 5.41) is 1.02. The van der Waals surface area contributed by atoms with Crippen LogP contribution in [0.3, 0.4) is 0 Å². The molecular formula is C18H25NO2. The number of Topliss-reactive ketones (excluding diaryl/α,β-unsaturated/α-hetero) is 1. The summed E-state index contributed by atoms with van der Waals surface area (Å²) in [4.78, 5) is 14.5. The topological polar surface area (TPSA) is 33.5 Å². The quantitative estimate of drug-likeness (QED) is 0.774. The first-order chi connectivity index (χ1) is 9.77. The number of rotatable bonds is 5. The van der Waals surface area contributed by atoms with Crippen LogP contribution in [0.2, 0.25) is 0 Å². The highest BCUT2D eigenvalue weighted by Crippen LogP contribution is 2.27. The van der Waals surface area contributed by atoms with Gasteiger partial charge >= 0.3 is 0 Å². The zero-order valence-corrected chi connectivity index (χ0v) is 13.7. The Bertz CT molecular complexity index is 632. The highest BCUT2D eigenvalue weighted by molar-refractivity contribution is 6.00. The minimum absolute atomic E-state index is 0.0489. The van der Waals surface area contributed by atoms with Crippen molar-refractivity contribution in [1.29, 1.82) is 0 Å². The minimum Gasteiger partial charge on any atom is -0.453 e. The van der Waals surface area contributed by atoms with Gasteiger partial charge < -0.3 is 9.32 Å². The van der Waals surface area contributed by atoms with Crippen molar-refractivity contribution in [3.8, 4) is 0 Å². The van der Waals surface area contributed by atoms with Crippen molar-refractivity contribution >= 4 is 16.8 Å². The fourth-order valence-corrected chi connectivity index (χ4v) is 2.33. The van der Waals surface area contributed by atoms with Gasteiger partial charge in [0.15, 0.2) is 5.76 Å². The molecule has 0 saturated heterocycles. The summed E-state index contributed by atoms with van der Waals surface area (Å²) in [6.07, 6.45) is 2.17. The first kappa shape index (κ1) is 15.8. The van der Waals surface area contributed by atoms with E-state index in [9.17, 15) is 4.79 Å². The molecule has 0 radical (unpaired) electrons. The average molecular weight is 287 g/mol. The molecule has 0 amide bonds. The Morgan fingerprint density at radius 1 is 1.19 bits per heavy atom. The largest absolute Gasteiger partial charge is 0.453 e. The van der Waals surface area contributed by atoms with Crippen molar-refractivity contribution < 1.29 is 9.21 Å². The summed E-state index contributed by atoms with van der Waals surface area (Å²) in [7, 11) is 4.17. The van der Waals surface area contributed by atoms with Crippen LogP contribution in [-0.2, 0) is 6.42 Å². The molecular weight excluding hydrogens is 262 g/mol. The van der Waals surface area contributed by atoms with Crippen LogP contribution >= 0.6 is 0 Å². The predicted octanol–water partition coefficient (Wildman–Crippen LogP) is 4.16. The first-order valence-electron chi connectivity index (χ1n) is 7.49. The van der Waals surface area contributed by atoms with E-state index >= 15 is 0 Å². The molecule has 0 N–H and O–H groups in total. The molecule has 0 aliphatic rings. The number of carbonyl (C=O) groups excluding carboxylic acids is 1. The number of benzene rings is 1. The molecule has 0 fully saturated rings. The van der Waals surface area contributed by atoms with Crippen LogP contribution in [0.1, 0.15) is 43.3 Å². The van der Waals surface area contributed by atoms with Crippen LogP contribution in [0.4, 0.5) is 0 Å². The SMILES string of the molecule is CN(C)CCCc1ccc2oc(C(=O)C(C)(C)C)cc2c1. The van der Waals surface area contributed by atoms with Crippen molar-refractivity contribution in [2.45, 2.75) is 33.6 Å². The van der Waals surface area contributed by atoms with E-state index in [-0.39, 0.29) is 5.78 Å². The molecule has 0 saturated carbocycles. The maximum atomic E-state index is 12.3. The molecule has 0 aliphatic heterocycles. The number of furan rings is 1. The number of aryl methyl sites for hydroxylation is 1. The molecule has 3 heteroatoms. The molecule has 0 spiro atoms. The molecule has 1 heterocycles. The maximum absolute atomic E-state index is 12.3. The van der Waals surface area contributed by atoms with Crippen LogP contribution in [0.25, 0.3) is 11.0 Å². The lowest BCUT2D eigenvalue weighted by Crippen LogP contribution is -2.19. The van der Waals surface area contributed by atoms with E-state index in [1.165, 1.54) is 5.56 Å². The smallest absolute Gasteiger partial charge is 0.203 e. The third kappa shape index (κ3) is 3.94. The number of nitrogens with zero attached hydrogens (tertiary/aromatic N) is 1. The molecule has 2 rings (SSSR count). The van der Waals surface area contributed by atoms with Crippen molar-refractivity contribution in [1.82, 2.24) is 4.90 Å². The number of hydrogen-bond donors (Lipinski definition) is 0. The summed E-state index contributed by atoms with van der Waals surface area (Å²) < 4.78 is 5.70. The maximum Gasteiger partial charge on any atom is 0.203 e.